The van der Waals surface area contributed by atoms with Crippen LogP contribution in [0.3, 0.4) is 0 Å². The first kappa shape index (κ1) is 18.9. The molecule has 27 heavy (non-hydrogen) atoms. The van der Waals surface area contributed by atoms with Gasteiger partial charge in [-0.25, -0.2) is 0 Å². The Morgan fingerprint density at radius 1 is 1.11 bits per heavy atom. The molecule has 1 aliphatic rings. The average molecular weight is 368 g/mol. The monoisotopic (exact) mass is 368 g/mol. The van der Waals surface area contributed by atoms with E-state index in [0.29, 0.717) is 18.8 Å². The highest BCUT2D eigenvalue weighted by atomic mass is 16.5. The second-order valence-corrected chi connectivity index (χ2v) is 6.73. The lowest BCUT2D eigenvalue weighted by atomic mass is 10.2. The molecule has 1 N–H and O–H groups in total. The van der Waals surface area contributed by atoms with E-state index in [9.17, 15) is 14.7 Å². The Morgan fingerprint density at radius 2 is 1.81 bits per heavy atom. The van der Waals surface area contributed by atoms with Gasteiger partial charge in [0, 0.05) is 18.8 Å². The molecule has 0 aliphatic carbocycles. The number of carbonyl (C=O) groups excluding carboxylic acids is 2. The van der Waals surface area contributed by atoms with Gasteiger partial charge in [0.2, 0.25) is 5.91 Å². The molecule has 3 rings (SSSR count). The molecular weight excluding hydrogens is 344 g/mol. The largest absolute Gasteiger partial charge is 0.490 e. The second kappa shape index (κ2) is 8.22. The Labute approximate surface area is 159 Å². The molecule has 0 aromatic heterocycles. The van der Waals surface area contributed by atoms with Crippen LogP contribution in [0.1, 0.15) is 11.1 Å². The number of ether oxygens (including phenoxy) is 1. The van der Waals surface area contributed by atoms with Crippen LogP contribution in [0.4, 0.5) is 5.69 Å². The predicted octanol–water partition coefficient (Wildman–Crippen LogP) is 1.92. The minimum absolute atomic E-state index is 0.0475. The highest BCUT2D eigenvalue weighted by molar-refractivity contribution is 5.98. The van der Waals surface area contributed by atoms with Crippen molar-refractivity contribution < 1.29 is 19.4 Å². The van der Waals surface area contributed by atoms with Crippen LogP contribution >= 0.6 is 0 Å². The Hall–Kier alpha value is -2.86. The van der Waals surface area contributed by atoms with Gasteiger partial charge in [0.15, 0.2) is 6.10 Å². The third-order valence-electron chi connectivity index (χ3n) is 4.65. The molecule has 0 spiro atoms. The van der Waals surface area contributed by atoms with E-state index in [1.807, 2.05) is 56.3 Å². The quantitative estimate of drug-likeness (QED) is 0.875. The van der Waals surface area contributed by atoms with Crippen molar-refractivity contribution in [2.45, 2.75) is 20.0 Å². The minimum atomic E-state index is -1.30. The van der Waals surface area contributed by atoms with E-state index in [1.165, 1.54) is 4.90 Å². The Bertz CT molecular complexity index is 819. The van der Waals surface area contributed by atoms with Crippen LogP contribution in [0, 0.1) is 13.8 Å². The topological polar surface area (TPSA) is 70.1 Å². The van der Waals surface area contributed by atoms with E-state index in [4.69, 9.17) is 4.74 Å². The number of rotatable bonds is 5. The number of anilines is 1. The van der Waals surface area contributed by atoms with E-state index in [1.54, 1.807) is 11.0 Å². The van der Waals surface area contributed by atoms with Gasteiger partial charge < -0.3 is 19.6 Å². The number of amides is 2. The van der Waals surface area contributed by atoms with Crippen molar-refractivity contribution in [3.05, 3.63) is 59.7 Å². The van der Waals surface area contributed by atoms with Crippen molar-refractivity contribution in [2.24, 2.45) is 0 Å². The zero-order chi connectivity index (χ0) is 19.4. The van der Waals surface area contributed by atoms with Crippen LogP contribution in [0.25, 0.3) is 0 Å². The number of para-hydroxylation sites is 1. The first-order valence-corrected chi connectivity index (χ1v) is 8.98. The number of piperazine rings is 1. The molecule has 1 fully saturated rings. The molecule has 0 radical (unpaired) electrons. The first-order chi connectivity index (χ1) is 13.0. The Kier molecular flexibility index (Phi) is 5.76. The molecule has 2 aromatic carbocycles. The lowest BCUT2D eigenvalue weighted by Crippen LogP contribution is -2.55. The van der Waals surface area contributed by atoms with Crippen molar-refractivity contribution in [1.82, 2.24) is 4.90 Å². The fourth-order valence-corrected chi connectivity index (χ4v) is 3.03. The zero-order valence-electron chi connectivity index (χ0n) is 15.6. The summed E-state index contributed by atoms with van der Waals surface area (Å²) in [4.78, 5) is 28.0. The summed E-state index contributed by atoms with van der Waals surface area (Å²) in [6.07, 6.45) is -1.30. The summed E-state index contributed by atoms with van der Waals surface area (Å²) in [7, 11) is 0. The lowest BCUT2D eigenvalue weighted by Gasteiger charge is -2.35. The van der Waals surface area contributed by atoms with Gasteiger partial charge in [-0.1, -0.05) is 35.9 Å². The van der Waals surface area contributed by atoms with Crippen LogP contribution < -0.4 is 9.64 Å². The normalized spacial score (nSPS) is 15.6. The maximum atomic E-state index is 12.5. The summed E-state index contributed by atoms with van der Waals surface area (Å²) in [6, 6.07) is 15.1. The summed E-state index contributed by atoms with van der Waals surface area (Å²) in [5, 5.41) is 10.2. The molecule has 0 bridgehead atoms. The van der Waals surface area contributed by atoms with Crippen LogP contribution in [-0.4, -0.2) is 54.2 Å². The summed E-state index contributed by atoms with van der Waals surface area (Å²) in [5.41, 5.74) is 2.87. The molecule has 2 amide bonds. The third kappa shape index (κ3) is 4.46. The number of hydrogen-bond donors (Lipinski definition) is 1. The first-order valence-electron chi connectivity index (χ1n) is 8.98. The number of hydrogen-bond acceptors (Lipinski definition) is 4. The number of aliphatic hydroxyl groups excluding tert-OH is 1. The van der Waals surface area contributed by atoms with E-state index < -0.39 is 12.0 Å². The zero-order valence-corrected chi connectivity index (χ0v) is 15.6. The van der Waals surface area contributed by atoms with Crippen molar-refractivity contribution in [3.8, 4) is 5.75 Å². The van der Waals surface area contributed by atoms with Gasteiger partial charge in [0.25, 0.3) is 5.91 Å². The van der Waals surface area contributed by atoms with Crippen molar-refractivity contribution >= 4 is 17.5 Å². The van der Waals surface area contributed by atoms with Gasteiger partial charge >= 0.3 is 0 Å². The number of aryl methyl sites for hydroxylation is 2. The molecule has 1 heterocycles. The van der Waals surface area contributed by atoms with Gasteiger partial charge in [0.05, 0.1) is 0 Å². The van der Waals surface area contributed by atoms with Gasteiger partial charge in [0.1, 0.15) is 18.9 Å². The summed E-state index contributed by atoms with van der Waals surface area (Å²) in [6.45, 7) is 4.47. The van der Waals surface area contributed by atoms with Crippen molar-refractivity contribution in [2.75, 3.05) is 31.1 Å². The molecule has 0 unspecified atom stereocenters. The van der Waals surface area contributed by atoms with E-state index in [2.05, 4.69) is 0 Å². The van der Waals surface area contributed by atoms with Crippen LogP contribution in [0.5, 0.6) is 5.75 Å². The third-order valence-corrected chi connectivity index (χ3v) is 4.65. The number of nitrogens with zero attached hydrogens (tertiary/aromatic N) is 2. The van der Waals surface area contributed by atoms with Crippen molar-refractivity contribution in [3.63, 3.8) is 0 Å². The SMILES string of the molecule is Cc1ccc(N2CCN(C(=O)[C@@H](O)COc3ccccc3C)CC2=O)cc1. The molecule has 0 saturated carbocycles. The standard InChI is InChI=1S/C21H24N2O4/c1-15-7-9-17(10-8-15)23-12-11-22(13-20(23)25)21(26)18(24)14-27-19-6-4-3-5-16(19)2/h3-10,18,24H,11-14H2,1-2H3/t18-/m0/s1. The predicted molar refractivity (Wildman–Crippen MR) is 103 cm³/mol. The fraction of sp³-hybridized carbons (Fsp3) is 0.333. The maximum absolute atomic E-state index is 12.5. The Balaban J connectivity index is 1.56. The number of benzene rings is 2. The molecule has 6 nitrogen and oxygen atoms in total. The summed E-state index contributed by atoms with van der Waals surface area (Å²) in [5.74, 6) is -0.0180. The highest BCUT2D eigenvalue weighted by Crippen LogP contribution is 2.19. The van der Waals surface area contributed by atoms with Crippen LogP contribution in [0.15, 0.2) is 48.5 Å². The maximum Gasteiger partial charge on any atom is 0.255 e. The molecule has 1 aliphatic heterocycles. The average Bonchev–Trinajstić information content (AvgIpc) is 2.67. The molecular formula is C21H24N2O4. The van der Waals surface area contributed by atoms with E-state index in [0.717, 1.165) is 16.8 Å². The van der Waals surface area contributed by atoms with E-state index >= 15 is 0 Å². The minimum Gasteiger partial charge on any atom is -0.490 e. The highest BCUT2D eigenvalue weighted by Gasteiger charge is 2.31. The van der Waals surface area contributed by atoms with Gasteiger partial charge in [-0.3, -0.25) is 9.59 Å². The molecule has 1 atom stereocenters. The summed E-state index contributed by atoms with van der Waals surface area (Å²) < 4.78 is 5.55. The molecule has 2 aromatic rings. The van der Waals surface area contributed by atoms with E-state index in [-0.39, 0.29) is 19.1 Å². The van der Waals surface area contributed by atoms with Gasteiger partial charge in [-0.15, -0.1) is 0 Å². The Morgan fingerprint density at radius 3 is 2.48 bits per heavy atom. The van der Waals surface area contributed by atoms with Crippen molar-refractivity contribution in [1.29, 1.82) is 0 Å². The number of carbonyl (C=O) groups is 2. The van der Waals surface area contributed by atoms with Gasteiger partial charge in [-0.05, 0) is 37.6 Å². The fourth-order valence-electron chi connectivity index (χ4n) is 3.03. The molecule has 142 valence electrons. The molecule has 6 heteroatoms. The summed E-state index contributed by atoms with van der Waals surface area (Å²) >= 11 is 0. The number of aliphatic hydroxyl groups is 1. The second-order valence-electron chi connectivity index (χ2n) is 6.73. The smallest absolute Gasteiger partial charge is 0.255 e. The lowest BCUT2D eigenvalue weighted by molar-refractivity contribution is -0.145. The molecule has 1 saturated heterocycles. The van der Waals surface area contributed by atoms with Gasteiger partial charge in [-0.2, -0.15) is 0 Å². The van der Waals surface area contributed by atoms with Crippen LogP contribution in [0.2, 0.25) is 0 Å². The van der Waals surface area contributed by atoms with Crippen LogP contribution in [-0.2, 0) is 9.59 Å².